The Kier molecular flexibility index (Phi) is 3.90. The van der Waals surface area contributed by atoms with Crippen LogP contribution < -0.4 is 4.31 Å². The second kappa shape index (κ2) is 6.39. The summed E-state index contributed by atoms with van der Waals surface area (Å²) >= 11 is 0. The Balaban J connectivity index is 1.35. The van der Waals surface area contributed by atoms with Crippen LogP contribution in [0.5, 0.6) is 0 Å². The Hall–Kier alpha value is -3.72. The SMILES string of the molecule is O=C(CN1c2cccc3cccc(c23)S1(=O)=O)OCN1C(=O)c2ccccc2C1=O. The Morgan fingerprint density at radius 3 is 2.17 bits per heavy atom. The van der Waals surface area contributed by atoms with Crippen LogP contribution in [0.15, 0.2) is 65.6 Å². The summed E-state index contributed by atoms with van der Waals surface area (Å²) in [5.41, 5.74) is 0.867. The minimum atomic E-state index is -3.91. The van der Waals surface area contributed by atoms with Crippen molar-refractivity contribution in [1.29, 1.82) is 0 Å². The van der Waals surface area contributed by atoms with Crippen LogP contribution in [0, 0.1) is 0 Å². The summed E-state index contributed by atoms with van der Waals surface area (Å²) in [6.07, 6.45) is 0. The number of imide groups is 1. The van der Waals surface area contributed by atoms with E-state index in [1.165, 1.54) is 18.2 Å². The van der Waals surface area contributed by atoms with E-state index in [1.54, 1.807) is 42.5 Å². The number of fused-ring (bicyclic) bond motifs is 1. The van der Waals surface area contributed by atoms with Crippen molar-refractivity contribution in [1.82, 2.24) is 4.90 Å². The zero-order valence-electron chi connectivity index (χ0n) is 15.4. The number of amides is 2. The van der Waals surface area contributed by atoms with Crippen molar-refractivity contribution in [2.24, 2.45) is 0 Å². The molecular formula is C21H14N2O6S. The first-order valence-electron chi connectivity index (χ1n) is 9.05. The van der Waals surface area contributed by atoms with E-state index in [9.17, 15) is 22.8 Å². The van der Waals surface area contributed by atoms with E-state index in [0.717, 1.165) is 14.6 Å². The summed E-state index contributed by atoms with van der Waals surface area (Å²) in [6.45, 7) is -1.16. The maximum atomic E-state index is 12.9. The van der Waals surface area contributed by atoms with Crippen molar-refractivity contribution in [3.8, 4) is 0 Å². The fourth-order valence-electron chi connectivity index (χ4n) is 3.78. The van der Waals surface area contributed by atoms with Crippen molar-refractivity contribution in [3.05, 3.63) is 71.8 Å². The van der Waals surface area contributed by atoms with Gasteiger partial charge in [0.2, 0.25) is 0 Å². The topological polar surface area (TPSA) is 101 Å². The number of carbonyl (C=O) groups excluding carboxylic acids is 3. The zero-order chi connectivity index (χ0) is 21.0. The summed E-state index contributed by atoms with van der Waals surface area (Å²) in [7, 11) is -3.91. The van der Waals surface area contributed by atoms with Crippen molar-refractivity contribution >= 4 is 44.3 Å². The molecule has 0 N–H and O–H groups in total. The molecule has 0 bridgehead atoms. The molecule has 0 unspecified atom stereocenters. The number of esters is 1. The molecule has 0 radical (unpaired) electrons. The normalized spacial score (nSPS) is 16.3. The lowest BCUT2D eigenvalue weighted by atomic mass is 10.1. The van der Waals surface area contributed by atoms with Crippen LogP contribution in [-0.4, -0.2) is 44.4 Å². The van der Waals surface area contributed by atoms with Gasteiger partial charge in [0, 0.05) is 5.39 Å². The van der Waals surface area contributed by atoms with Crippen molar-refractivity contribution in [2.45, 2.75) is 4.90 Å². The third-order valence-electron chi connectivity index (χ3n) is 5.19. The van der Waals surface area contributed by atoms with Crippen LogP contribution >= 0.6 is 0 Å². The van der Waals surface area contributed by atoms with E-state index < -0.39 is 41.1 Å². The van der Waals surface area contributed by atoms with Crippen molar-refractivity contribution in [2.75, 3.05) is 17.6 Å². The van der Waals surface area contributed by atoms with Gasteiger partial charge in [0.15, 0.2) is 6.73 Å². The fraction of sp³-hybridized carbons (Fsp3) is 0.0952. The molecule has 2 heterocycles. The molecule has 3 aromatic carbocycles. The minimum Gasteiger partial charge on any atom is -0.442 e. The first kappa shape index (κ1) is 18.3. The number of rotatable bonds is 4. The highest BCUT2D eigenvalue weighted by Gasteiger charge is 2.38. The summed E-state index contributed by atoms with van der Waals surface area (Å²) in [4.78, 5) is 38.1. The third-order valence-corrected chi connectivity index (χ3v) is 6.99. The molecule has 0 aliphatic carbocycles. The zero-order valence-corrected chi connectivity index (χ0v) is 16.3. The molecule has 8 nitrogen and oxygen atoms in total. The summed E-state index contributed by atoms with van der Waals surface area (Å²) in [6, 6.07) is 16.4. The number of hydrogen-bond acceptors (Lipinski definition) is 6. The highest BCUT2D eigenvalue weighted by atomic mass is 32.2. The van der Waals surface area contributed by atoms with E-state index in [2.05, 4.69) is 0 Å². The van der Waals surface area contributed by atoms with E-state index in [0.29, 0.717) is 11.1 Å². The van der Waals surface area contributed by atoms with Gasteiger partial charge in [-0.1, -0.05) is 36.4 Å². The molecule has 0 spiro atoms. The summed E-state index contributed by atoms with van der Waals surface area (Å²) in [5.74, 6) is -2.00. The van der Waals surface area contributed by atoms with Crippen LogP contribution in [0.3, 0.4) is 0 Å². The lowest BCUT2D eigenvalue weighted by Crippen LogP contribution is -2.37. The van der Waals surface area contributed by atoms with Crippen LogP contribution in [0.2, 0.25) is 0 Å². The second-order valence-corrected chi connectivity index (χ2v) is 8.70. The van der Waals surface area contributed by atoms with E-state index in [4.69, 9.17) is 4.74 Å². The van der Waals surface area contributed by atoms with Gasteiger partial charge in [-0.3, -0.25) is 18.7 Å². The quantitative estimate of drug-likeness (QED) is 0.472. The summed E-state index contributed by atoms with van der Waals surface area (Å²) < 4.78 is 31.9. The highest BCUT2D eigenvalue weighted by molar-refractivity contribution is 7.93. The molecule has 0 fully saturated rings. The molecule has 0 atom stereocenters. The van der Waals surface area contributed by atoms with Crippen molar-refractivity contribution in [3.63, 3.8) is 0 Å². The molecule has 5 rings (SSSR count). The van der Waals surface area contributed by atoms with E-state index >= 15 is 0 Å². The van der Waals surface area contributed by atoms with Gasteiger partial charge in [-0.15, -0.1) is 0 Å². The maximum absolute atomic E-state index is 12.9. The fourth-order valence-corrected chi connectivity index (χ4v) is 5.44. The predicted octanol–water partition coefficient (Wildman–Crippen LogP) is 2.15. The lowest BCUT2D eigenvalue weighted by Gasteiger charge is -2.19. The van der Waals surface area contributed by atoms with Crippen molar-refractivity contribution < 1.29 is 27.5 Å². The van der Waals surface area contributed by atoms with Crippen LogP contribution in [0.25, 0.3) is 10.8 Å². The number of carbonyl (C=O) groups is 3. The number of hydrogen-bond donors (Lipinski definition) is 0. The molecule has 0 saturated heterocycles. The smallest absolute Gasteiger partial charge is 0.328 e. The number of nitrogens with zero attached hydrogens (tertiary/aromatic N) is 2. The standard InChI is InChI=1S/C21H14N2O6S/c24-18(29-12-22-20(25)14-7-1-2-8-15(14)21(22)26)11-23-16-9-3-5-13-6-4-10-17(19(13)16)30(23,27)28/h1-10H,11-12H2. The second-order valence-electron chi connectivity index (χ2n) is 6.87. The molecule has 2 aliphatic rings. The predicted molar refractivity (Wildman–Crippen MR) is 106 cm³/mol. The van der Waals surface area contributed by atoms with Crippen LogP contribution in [0.1, 0.15) is 20.7 Å². The minimum absolute atomic E-state index is 0.128. The molecule has 30 heavy (non-hydrogen) atoms. The van der Waals surface area contributed by atoms with Gasteiger partial charge in [0.25, 0.3) is 21.8 Å². The number of anilines is 1. The average molecular weight is 422 g/mol. The summed E-state index contributed by atoms with van der Waals surface area (Å²) in [5, 5.41) is 1.30. The van der Waals surface area contributed by atoms with Gasteiger partial charge in [-0.2, -0.15) is 0 Å². The number of ether oxygens (including phenoxy) is 1. The molecule has 3 aromatic rings. The van der Waals surface area contributed by atoms with E-state index in [1.807, 2.05) is 0 Å². The lowest BCUT2D eigenvalue weighted by molar-refractivity contribution is -0.144. The number of sulfonamides is 1. The molecule has 2 amide bonds. The molecule has 0 aromatic heterocycles. The Bertz CT molecular complexity index is 1320. The van der Waals surface area contributed by atoms with Gasteiger partial charge in [0.05, 0.1) is 21.7 Å². The Morgan fingerprint density at radius 2 is 1.50 bits per heavy atom. The molecule has 0 saturated carbocycles. The first-order chi connectivity index (χ1) is 14.4. The molecular weight excluding hydrogens is 408 g/mol. The first-order valence-corrected chi connectivity index (χ1v) is 10.5. The Labute approximate surface area is 171 Å². The van der Waals surface area contributed by atoms with Crippen LogP contribution in [-0.2, 0) is 19.6 Å². The highest BCUT2D eigenvalue weighted by Crippen LogP contribution is 2.41. The average Bonchev–Trinajstić information content (AvgIpc) is 3.11. The largest absolute Gasteiger partial charge is 0.442 e. The molecule has 2 aliphatic heterocycles. The van der Waals surface area contributed by atoms with E-state index in [-0.39, 0.29) is 16.0 Å². The Morgan fingerprint density at radius 1 is 0.867 bits per heavy atom. The van der Waals surface area contributed by atoms with Gasteiger partial charge in [-0.05, 0) is 29.7 Å². The third kappa shape index (κ3) is 2.52. The maximum Gasteiger partial charge on any atom is 0.328 e. The monoisotopic (exact) mass is 422 g/mol. The van der Waals surface area contributed by atoms with Crippen LogP contribution in [0.4, 0.5) is 5.69 Å². The van der Waals surface area contributed by atoms with Gasteiger partial charge < -0.3 is 4.74 Å². The molecule has 150 valence electrons. The van der Waals surface area contributed by atoms with Gasteiger partial charge >= 0.3 is 5.97 Å². The van der Waals surface area contributed by atoms with Gasteiger partial charge in [0.1, 0.15) is 6.54 Å². The number of benzene rings is 3. The van der Waals surface area contributed by atoms with Gasteiger partial charge in [-0.25, -0.2) is 13.3 Å². The molecule has 9 heteroatoms.